The second kappa shape index (κ2) is 9.92. The van der Waals surface area contributed by atoms with E-state index in [1.165, 1.54) is 23.4 Å². The van der Waals surface area contributed by atoms with Crippen LogP contribution in [0.3, 0.4) is 0 Å². The third-order valence-electron chi connectivity index (χ3n) is 5.55. The molecule has 34 heavy (non-hydrogen) atoms. The predicted octanol–water partition coefficient (Wildman–Crippen LogP) is 2.54. The molecule has 4 rings (SSSR count). The van der Waals surface area contributed by atoms with Crippen LogP contribution in [0.1, 0.15) is 42.7 Å². The van der Waals surface area contributed by atoms with Crippen molar-refractivity contribution < 1.29 is 28.2 Å². The molecule has 1 saturated heterocycles. The highest BCUT2D eigenvalue weighted by molar-refractivity contribution is 6.04. The van der Waals surface area contributed by atoms with Crippen LogP contribution in [0.15, 0.2) is 42.7 Å². The average molecular weight is 466 g/mol. The van der Waals surface area contributed by atoms with Crippen LogP contribution < -0.4 is 0 Å². The largest absolute Gasteiger partial charge is 0.452 e. The average Bonchev–Trinajstić information content (AvgIpc) is 3.16. The van der Waals surface area contributed by atoms with Crippen molar-refractivity contribution in [3.05, 3.63) is 76.9 Å². The van der Waals surface area contributed by atoms with Gasteiger partial charge in [-0.2, -0.15) is 0 Å². The Kier molecular flexibility index (Phi) is 6.78. The molecular weight excluding hydrogens is 443 g/mol. The smallest absolute Gasteiger partial charge is 0.359 e. The zero-order valence-corrected chi connectivity index (χ0v) is 18.8. The number of benzene rings is 1. The lowest BCUT2D eigenvalue weighted by atomic mass is 10.1. The molecule has 0 bridgehead atoms. The minimum atomic E-state index is -0.930. The molecule has 2 aromatic heterocycles. The van der Waals surface area contributed by atoms with Crippen LogP contribution in [-0.4, -0.2) is 70.0 Å². The van der Waals surface area contributed by atoms with Crippen molar-refractivity contribution in [3.8, 4) is 5.69 Å². The minimum absolute atomic E-state index is 0.139. The summed E-state index contributed by atoms with van der Waals surface area (Å²) in [6, 6.07) is 7.87. The summed E-state index contributed by atoms with van der Waals surface area (Å²) >= 11 is 0. The normalized spacial score (nSPS) is 13.6. The Hall–Kier alpha value is -3.92. The van der Waals surface area contributed by atoms with Crippen LogP contribution in [0, 0.1) is 19.7 Å². The van der Waals surface area contributed by atoms with Gasteiger partial charge in [0, 0.05) is 42.4 Å². The summed E-state index contributed by atoms with van der Waals surface area (Å²) in [6.07, 6.45) is 2.59. The number of aromatic nitrogens is 3. The van der Waals surface area contributed by atoms with Crippen molar-refractivity contribution >= 4 is 17.7 Å². The summed E-state index contributed by atoms with van der Waals surface area (Å²) in [7, 11) is 0. The fraction of sp³-hybridized carbons (Fsp3) is 0.292. The number of esters is 1. The van der Waals surface area contributed by atoms with Gasteiger partial charge >= 0.3 is 5.97 Å². The maximum atomic E-state index is 14.3. The van der Waals surface area contributed by atoms with Crippen molar-refractivity contribution in [1.82, 2.24) is 19.4 Å². The van der Waals surface area contributed by atoms with Gasteiger partial charge in [0.05, 0.1) is 18.9 Å². The van der Waals surface area contributed by atoms with Gasteiger partial charge in [0.2, 0.25) is 5.78 Å². The number of hydrogen-bond donors (Lipinski definition) is 0. The Balaban J connectivity index is 1.50. The fourth-order valence-corrected chi connectivity index (χ4v) is 3.89. The number of Topliss-reactive ketones (excluding diaryl/α,β-unsaturated/α-hetero) is 1. The van der Waals surface area contributed by atoms with Gasteiger partial charge in [0.1, 0.15) is 5.82 Å². The number of carbonyl (C=O) groups is 3. The van der Waals surface area contributed by atoms with E-state index in [-0.39, 0.29) is 11.4 Å². The lowest BCUT2D eigenvalue weighted by molar-refractivity contribution is 0.0292. The maximum absolute atomic E-state index is 14.3. The van der Waals surface area contributed by atoms with Crippen LogP contribution in [0.2, 0.25) is 0 Å². The van der Waals surface area contributed by atoms with Crippen LogP contribution in [0.5, 0.6) is 0 Å². The van der Waals surface area contributed by atoms with Gasteiger partial charge in [-0.25, -0.2) is 19.2 Å². The number of morpholine rings is 1. The first-order valence-electron chi connectivity index (χ1n) is 10.7. The number of halogens is 1. The molecule has 0 saturated carbocycles. The van der Waals surface area contributed by atoms with Crippen molar-refractivity contribution in [2.75, 3.05) is 32.9 Å². The second-order valence-electron chi connectivity index (χ2n) is 7.73. The van der Waals surface area contributed by atoms with E-state index in [2.05, 4.69) is 9.97 Å². The summed E-state index contributed by atoms with van der Waals surface area (Å²) in [5.41, 5.74) is 1.40. The summed E-state index contributed by atoms with van der Waals surface area (Å²) < 4.78 is 26.4. The number of ketones is 1. The number of hydrogen-bond acceptors (Lipinski definition) is 7. The van der Waals surface area contributed by atoms with Crippen LogP contribution in [-0.2, 0) is 9.47 Å². The Bertz CT molecular complexity index is 1250. The third-order valence-corrected chi connectivity index (χ3v) is 5.55. The Labute approximate surface area is 195 Å². The molecule has 0 N–H and O–H groups in total. The molecule has 1 amide bonds. The lowest BCUT2D eigenvalue weighted by Crippen LogP contribution is -2.41. The lowest BCUT2D eigenvalue weighted by Gasteiger charge is -2.26. The minimum Gasteiger partial charge on any atom is -0.452 e. The zero-order chi connectivity index (χ0) is 24.2. The summed E-state index contributed by atoms with van der Waals surface area (Å²) in [6.45, 7) is 4.42. The van der Waals surface area contributed by atoms with Gasteiger partial charge in [-0.1, -0.05) is 12.1 Å². The zero-order valence-electron chi connectivity index (χ0n) is 18.8. The molecule has 0 spiro atoms. The number of nitrogens with zero attached hydrogens (tertiary/aromatic N) is 4. The van der Waals surface area contributed by atoms with Crippen LogP contribution in [0.4, 0.5) is 4.39 Å². The van der Waals surface area contributed by atoms with E-state index >= 15 is 0 Å². The van der Waals surface area contributed by atoms with Crippen molar-refractivity contribution in [3.63, 3.8) is 0 Å². The first-order valence-corrected chi connectivity index (χ1v) is 10.7. The molecule has 3 aromatic rings. The second-order valence-corrected chi connectivity index (χ2v) is 7.73. The monoisotopic (exact) mass is 466 g/mol. The van der Waals surface area contributed by atoms with Crippen molar-refractivity contribution in [2.45, 2.75) is 13.8 Å². The number of ether oxygens (including phenoxy) is 2. The number of aryl methyl sites for hydroxylation is 1. The Morgan fingerprint density at radius 1 is 1.06 bits per heavy atom. The molecule has 1 aliphatic rings. The Morgan fingerprint density at radius 2 is 1.74 bits per heavy atom. The van der Waals surface area contributed by atoms with Crippen molar-refractivity contribution in [1.29, 1.82) is 0 Å². The number of para-hydroxylation sites is 1. The van der Waals surface area contributed by atoms with Gasteiger partial charge in [-0.15, -0.1) is 0 Å². The molecule has 9 nitrogen and oxygen atoms in total. The molecule has 0 aliphatic carbocycles. The van der Waals surface area contributed by atoms with E-state index in [9.17, 15) is 18.8 Å². The number of carbonyl (C=O) groups excluding carboxylic acids is 3. The predicted molar refractivity (Wildman–Crippen MR) is 119 cm³/mol. The number of amides is 1. The molecule has 3 heterocycles. The van der Waals surface area contributed by atoms with Gasteiger partial charge in [-0.05, 0) is 32.0 Å². The molecular formula is C24H23FN4O5. The third kappa shape index (κ3) is 4.58. The van der Waals surface area contributed by atoms with E-state index in [1.807, 2.05) is 0 Å². The quantitative estimate of drug-likeness (QED) is 0.406. The topological polar surface area (TPSA) is 104 Å². The Morgan fingerprint density at radius 3 is 2.44 bits per heavy atom. The highest BCUT2D eigenvalue weighted by atomic mass is 19.1. The number of rotatable bonds is 6. The SMILES string of the molecule is Cc1cc(C(=O)COC(=O)c2nccnc2C(=O)N2CCOCC2)c(C)n1-c1ccccc1F. The molecule has 1 aliphatic heterocycles. The van der Waals surface area contributed by atoms with Gasteiger partial charge < -0.3 is 18.9 Å². The molecule has 0 atom stereocenters. The van der Waals surface area contributed by atoms with E-state index in [0.29, 0.717) is 48.9 Å². The molecule has 0 radical (unpaired) electrons. The molecule has 0 unspecified atom stereocenters. The summed E-state index contributed by atoms with van der Waals surface area (Å²) in [5.74, 6) is -2.27. The van der Waals surface area contributed by atoms with Crippen LogP contribution in [0.25, 0.3) is 5.69 Å². The van der Waals surface area contributed by atoms with Crippen molar-refractivity contribution in [2.24, 2.45) is 0 Å². The molecule has 1 aromatic carbocycles. The summed E-state index contributed by atoms with van der Waals surface area (Å²) in [5, 5.41) is 0. The molecule has 10 heteroatoms. The van der Waals surface area contributed by atoms with Gasteiger partial charge in [0.25, 0.3) is 5.91 Å². The standard InChI is InChI=1S/C24H23FN4O5/c1-15-13-17(16(2)29(15)19-6-4-3-5-18(19)25)20(30)14-34-24(32)22-21(26-7-8-27-22)23(31)28-9-11-33-12-10-28/h3-8,13H,9-12,14H2,1-2H3. The highest BCUT2D eigenvalue weighted by Gasteiger charge is 2.27. The first-order chi connectivity index (χ1) is 16.4. The van der Waals surface area contributed by atoms with E-state index in [1.54, 1.807) is 42.7 Å². The van der Waals surface area contributed by atoms with Crippen LogP contribution >= 0.6 is 0 Å². The highest BCUT2D eigenvalue weighted by Crippen LogP contribution is 2.23. The van der Waals surface area contributed by atoms with Gasteiger partial charge in [0.15, 0.2) is 18.0 Å². The van der Waals surface area contributed by atoms with Gasteiger partial charge in [-0.3, -0.25) is 9.59 Å². The maximum Gasteiger partial charge on any atom is 0.359 e. The molecule has 1 fully saturated rings. The fourth-order valence-electron chi connectivity index (χ4n) is 3.89. The summed E-state index contributed by atoms with van der Waals surface area (Å²) in [4.78, 5) is 47.8. The van der Waals surface area contributed by atoms with E-state index in [4.69, 9.17) is 9.47 Å². The first kappa shape index (κ1) is 23.2. The van der Waals surface area contributed by atoms with E-state index < -0.39 is 30.1 Å². The molecule has 176 valence electrons. The van der Waals surface area contributed by atoms with E-state index in [0.717, 1.165) is 0 Å².